The number of benzene rings is 2. The maximum Gasteiger partial charge on any atom is 0.349 e. The minimum Gasteiger partial charge on any atom is -0.497 e. The van der Waals surface area contributed by atoms with Crippen molar-refractivity contribution >= 4 is 34.2 Å². The average molecular weight is 399 g/mol. The summed E-state index contributed by atoms with van der Waals surface area (Å²) in [5, 5.41) is 1.15. The predicted octanol–water partition coefficient (Wildman–Crippen LogP) is 3.42. The van der Waals surface area contributed by atoms with Crippen molar-refractivity contribution in [3.05, 3.63) is 69.5 Å². The molecule has 0 N–H and O–H groups in total. The van der Waals surface area contributed by atoms with Crippen LogP contribution in [0.3, 0.4) is 0 Å². The number of ether oxygens (including phenoxy) is 1. The van der Waals surface area contributed by atoms with E-state index in [1.54, 1.807) is 36.3 Å². The zero-order chi connectivity index (χ0) is 19.7. The van der Waals surface area contributed by atoms with Gasteiger partial charge in [0.15, 0.2) is 0 Å². The zero-order valence-electron chi connectivity index (χ0n) is 15.4. The smallest absolute Gasteiger partial charge is 0.349 e. The average Bonchev–Trinajstić information content (AvgIpc) is 2.73. The van der Waals surface area contributed by atoms with Crippen molar-refractivity contribution in [2.45, 2.75) is 0 Å². The number of anilines is 1. The first-order valence-corrected chi connectivity index (χ1v) is 9.34. The highest BCUT2D eigenvalue weighted by molar-refractivity contribution is 6.31. The molecule has 0 aliphatic carbocycles. The second kappa shape index (κ2) is 7.56. The van der Waals surface area contributed by atoms with Crippen LogP contribution in [0.1, 0.15) is 10.4 Å². The van der Waals surface area contributed by atoms with Crippen molar-refractivity contribution in [1.82, 2.24) is 4.90 Å². The van der Waals surface area contributed by atoms with Crippen molar-refractivity contribution in [2.75, 3.05) is 38.2 Å². The Bertz CT molecular complexity index is 1070. The van der Waals surface area contributed by atoms with E-state index in [1.807, 2.05) is 24.3 Å². The number of piperazine rings is 1. The van der Waals surface area contributed by atoms with Gasteiger partial charge in [-0.15, -0.1) is 0 Å². The summed E-state index contributed by atoms with van der Waals surface area (Å²) in [5.74, 6) is 0.491. The molecule has 144 valence electrons. The molecule has 1 aliphatic heterocycles. The van der Waals surface area contributed by atoms with Crippen molar-refractivity contribution < 1.29 is 13.9 Å². The summed E-state index contributed by atoms with van der Waals surface area (Å²) < 4.78 is 10.5. The van der Waals surface area contributed by atoms with Gasteiger partial charge in [0.2, 0.25) is 0 Å². The van der Waals surface area contributed by atoms with Crippen LogP contribution in [0.2, 0.25) is 5.02 Å². The lowest BCUT2D eigenvalue weighted by molar-refractivity contribution is 0.0742. The molecule has 7 heteroatoms. The molecule has 2 heterocycles. The fourth-order valence-electron chi connectivity index (χ4n) is 3.37. The molecule has 0 saturated carbocycles. The van der Waals surface area contributed by atoms with E-state index in [0.29, 0.717) is 42.2 Å². The number of rotatable bonds is 3. The topological polar surface area (TPSA) is 63.0 Å². The van der Waals surface area contributed by atoms with Gasteiger partial charge >= 0.3 is 5.63 Å². The molecule has 1 saturated heterocycles. The molecule has 1 aliphatic rings. The monoisotopic (exact) mass is 398 g/mol. The number of methoxy groups -OCH3 is 1. The van der Waals surface area contributed by atoms with Crippen LogP contribution < -0.4 is 15.3 Å². The Morgan fingerprint density at radius 1 is 1.04 bits per heavy atom. The SMILES string of the molecule is COc1ccc(N2CCN(C(=O)c3cc4cc(Cl)ccc4oc3=O)CC2)cc1. The Kier molecular flexibility index (Phi) is 4.96. The number of carbonyl (C=O) groups excluding carboxylic acids is 1. The Balaban J connectivity index is 1.50. The Labute approximate surface area is 166 Å². The van der Waals surface area contributed by atoms with Crippen LogP contribution >= 0.6 is 11.6 Å². The summed E-state index contributed by atoms with van der Waals surface area (Å²) in [6.45, 7) is 2.42. The zero-order valence-corrected chi connectivity index (χ0v) is 16.1. The molecule has 0 radical (unpaired) electrons. The molecule has 0 spiro atoms. The lowest BCUT2D eigenvalue weighted by atomic mass is 10.1. The van der Waals surface area contributed by atoms with Crippen LogP contribution in [0.4, 0.5) is 5.69 Å². The van der Waals surface area contributed by atoms with Crippen LogP contribution in [0, 0.1) is 0 Å². The Morgan fingerprint density at radius 3 is 2.43 bits per heavy atom. The molecule has 3 aromatic rings. The number of hydrogen-bond donors (Lipinski definition) is 0. The summed E-state index contributed by atoms with van der Waals surface area (Å²) in [6.07, 6.45) is 0. The molecule has 0 atom stereocenters. The largest absolute Gasteiger partial charge is 0.497 e. The first kappa shape index (κ1) is 18.4. The number of hydrogen-bond acceptors (Lipinski definition) is 5. The van der Waals surface area contributed by atoms with Crippen molar-refractivity contribution in [3.63, 3.8) is 0 Å². The summed E-state index contributed by atoms with van der Waals surface area (Å²) in [5.41, 5.74) is 0.896. The van der Waals surface area contributed by atoms with Crippen molar-refractivity contribution in [2.24, 2.45) is 0 Å². The number of amides is 1. The van der Waals surface area contributed by atoms with Crippen LogP contribution in [-0.4, -0.2) is 44.1 Å². The number of nitrogens with zero attached hydrogens (tertiary/aromatic N) is 2. The van der Waals surface area contributed by atoms with E-state index in [0.717, 1.165) is 11.4 Å². The van der Waals surface area contributed by atoms with Gasteiger partial charge in [-0.1, -0.05) is 11.6 Å². The molecule has 1 amide bonds. The van der Waals surface area contributed by atoms with Gasteiger partial charge < -0.3 is 19.0 Å². The molecule has 1 aromatic heterocycles. The number of carbonyl (C=O) groups is 1. The van der Waals surface area contributed by atoms with E-state index >= 15 is 0 Å². The lowest BCUT2D eigenvalue weighted by Crippen LogP contribution is -2.49. The predicted molar refractivity (Wildman–Crippen MR) is 109 cm³/mol. The molecular weight excluding hydrogens is 380 g/mol. The minimum atomic E-state index is -0.627. The van der Waals surface area contributed by atoms with E-state index in [2.05, 4.69) is 4.90 Å². The maximum absolute atomic E-state index is 12.9. The Hall–Kier alpha value is -2.99. The van der Waals surface area contributed by atoms with E-state index in [-0.39, 0.29) is 11.5 Å². The second-order valence-corrected chi connectivity index (χ2v) is 7.04. The third-order valence-electron chi connectivity index (χ3n) is 4.93. The quantitative estimate of drug-likeness (QED) is 0.632. The summed E-state index contributed by atoms with van der Waals surface area (Å²) in [7, 11) is 1.64. The molecule has 0 unspecified atom stereocenters. The lowest BCUT2D eigenvalue weighted by Gasteiger charge is -2.36. The number of halogens is 1. The highest BCUT2D eigenvalue weighted by atomic mass is 35.5. The van der Waals surface area contributed by atoms with E-state index < -0.39 is 5.63 Å². The van der Waals surface area contributed by atoms with E-state index in [4.69, 9.17) is 20.8 Å². The molecule has 1 fully saturated rings. The van der Waals surface area contributed by atoms with Crippen LogP contribution in [0.25, 0.3) is 11.0 Å². The van der Waals surface area contributed by atoms with Crippen molar-refractivity contribution in [1.29, 1.82) is 0 Å². The van der Waals surface area contributed by atoms with Gasteiger partial charge in [-0.05, 0) is 48.5 Å². The van der Waals surface area contributed by atoms with Crippen LogP contribution in [0.15, 0.2) is 57.7 Å². The standard InChI is InChI=1S/C21H19ClN2O4/c1-27-17-5-3-16(4-6-17)23-8-10-24(11-9-23)20(25)18-13-14-12-15(22)2-7-19(14)28-21(18)26/h2-7,12-13H,8-11H2,1H3. The highest BCUT2D eigenvalue weighted by Gasteiger charge is 2.25. The molecular formula is C21H19ClN2O4. The van der Waals surface area contributed by atoms with Gasteiger partial charge in [0.25, 0.3) is 5.91 Å². The molecule has 4 rings (SSSR count). The molecule has 0 bridgehead atoms. The number of fused-ring (bicyclic) bond motifs is 1. The summed E-state index contributed by atoms with van der Waals surface area (Å²) >= 11 is 6.00. The van der Waals surface area contributed by atoms with Gasteiger partial charge in [-0.2, -0.15) is 0 Å². The first-order chi connectivity index (χ1) is 13.5. The van der Waals surface area contributed by atoms with Crippen LogP contribution in [0.5, 0.6) is 5.75 Å². The normalized spacial score (nSPS) is 14.4. The van der Waals surface area contributed by atoms with Gasteiger partial charge in [-0.3, -0.25) is 4.79 Å². The summed E-state index contributed by atoms with van der Waals surface area (Å²) in [6, 6.07) is 14.3. The second-order valence-electron chi connectivity index (χ2n) is 6.61. The third-order valence-corrected chi connectivity index (χ3v) is 5.16. The van der Waals surface area contributed by atoms with Gasteiger partial charge in [0.1, 0.15) is 16.9 Å². The van der Waals surface area contributed by atoms with Crippen molar-refractivity contribution in [3.8, 4) is 5.75 Å². The molecule has 2 aromatic carbocycles. The fourth-order valence-corrected chi connectivity index (χ4v) is 3.56. The van der Waals surface area contributed by atoms with Crippen LogP contribution in [-0.2, 0) is 0 Å². The maximum atomic E-state index is 12.9. The first-order valence-electron chi connectivity index (χ1n) is 8.97. The Morgan fingerprint density at radius 2 is 1.75 bits per heavy atom. The van der Waals surface area contributed by atoms with Gasteiger partial charge in [0.05, 0.1) is 7.11 Å². The third kappa shape index (κ3) is 3.55. The fraction of sp³-hybridized carbons (Fsp3) is 0.238. The van der Waals surface area contributed by atoms with E-state index in [9.17, 15) is 9.59 Å². The molecule has 6 nitrogen and oxygen atoms in total. The summed E-state index contributed by atoms with van der Waals surface area (Å²) in [4.78, 5) is 29.0. The van der Waals surface area contributed by atoms with Gasteiger partial charge in [-0.25, -0.2) is 4.79 Å². The minimum absolute atomic E-state index is 0.0349. The van der Waals surface area contributed by atoms with E-state index in [1.165, 1.54) is 0 Å². The van der Waals surface area contributed by atoms with Gasteiger partial charge in [0, 0.05) is 42.3 Å². The molecule has 28 heavy (non-hydrogen) atoms. The highest BCUT2D eigenvalue weighted by Crippen LogP contribution is 2.22.